The standard InChI is InChI=1S/C11H20N4O/c1-8(2)6-15-11(13-7-14-15)5-12-9-3-10(16)4-9/h7-10,12,16H,3-6H2,1-2H3. The van der Waals surface area contributed by atoms with Crippen LogP contribution in [0.15, 0.2) is 6.33 Å². The van der Waals surface area contributed by atoms with Gasteiger partial charge in [0.05, 0.1) is 12.6 Å². The van der Waals surface area contributed by atoms with Crippen molar-refractivity contribution in [2.45, 2.75) is 51.9 Å². The number of aliphatic hydroxyl groups excluding tert-OH is 1. The van der Waals surface area contributed by atoms with E-state index in [-0.39, 0.29) is 6.10 Å². The third-order valence-corrected chi connectivity index (χ3v) is 2.90. The van der Waals surface area contributed by atoms with Crippen LogP contribution in [0.25, 0.3) is 0 Å². The van der Waals surface area contributed by atoms with Gasteiger partial charge >= 0.3 is 0 Å². The Morgan fingerprint density at radius 3 is 2.94 bits per heavy atom. The first-order valence-electron chi connectivity index (χ1n) is 5.93. The van der Waals surface area contributed by atoms with Crippen molar-refractivity contribution in [3.8, 4) is 0 Å². The van der Waals surface area contributed by atoms with E-state index < -0.39 is 0 Å². The van der Waals surface area contributed by atoms with Gasteiger partial charge in [-0.05, 0) is 18.8 Å². The van der Waals surface area contributed by atoms with Crippen LogP contribution >= 0.6 is 0 Å². The van der Waals surface area contributed by atoms with Crippen LogP contribution in [0.3, 0.4) is 0 Å². The molecule has 0 amide bonds. The normalized spacial score (nSPS) is 24.8. The van der Waals surface area contributed by atoms with Gasteiger partial charge in [0.15, 0.2) is 0 Å². The van der Waals surface area contributed by atoms with Crippen molar-refractivity contribution >= 4 is 0 Å². The minimum absolute atomic E-state index is 0.106. The maximum absolute atomic E-state index is 9.18. The van der Waals surface area contributed by atoms with Crippen molar-refractivity contribution < 1.29 is 5.11 Å². The third-order valence-electron chi connectivity index (χ3n) is 2.90. The first kappa shape index (κ1) is 11.5. The monoisotopic (exact) mass is 224 g/mol. The number of aliphatic hydroxyl groups is 1. The van der Waals surface area contributed by atoms with Crippen molar-refractivity contribution in [3.05, 3.63) is 12.2 Å². The van der Waals surface area contributed by atoms with Gasteiger partial charge in [-0.15, -0.1) is 0 Å². The molecule has 0 radical (unpaired) electrons. The van der Waals surface area contributed by atoms with Crippen LogP contribution in [-0.2, 0) is 13.1 Å². The molecule has 1 aliphatic carbocycles. The minimum atomic E-state index is -0.106. The van der Waals surface area contributed by atoms with Crippen LogP contribution in [0, 0.1) is 5.92 Å². The van der Waals surface area contributed by atoms with Gasteiger partial charge in [-0.1, -0.05) is 13.8 Å². The molecule has 0 aromatic carbocycles. The molecule has 0 bridgehead atoms. The fourth-order valence-corrected chi connectivity index (χ4v) is 1.91. The smallest absolute Gasteiger partial charge is 0.140 e. The van der Waals surface area contributed by atoms with Gasteiger partial charge in [0, 0.05) is 12.6 Å². The molecule has 0 spiro atoms. The lowest BCUT2D eigenvalue weighted by molar-refractivity contribution is 0.0615. The van der Waals surface area contributed by atoms with Gasteiger partial charge in [-0.25, -0.2) is 9.67 Å². The lowest BCUT2D eigenvalue weighted by Gasteiger charge is -2.32. The Hall–Kier alpha value is -0.940. The zero-order chi connectivity index (χ0) is 11.5. The first-order chi connectivity index (χ1) is 7.65. The Morgan fingerprint density at radius 1 is 1.56 bits per heavy atom. The van der Waals surface area contributed by atoms with Crippen LogP contribution in [0.4, 0.5) is 0 Å². The second-order valence-electron chi connectivity index (χ2n) is 4.96. The quantitative estimate of drug-likeness (QED) is 0.766. The highest BCUT2D eigenvalue weighted by Crippen LogP contribution is 2.19. The molecule has 90 valence electrons. The fraction of sp³-hybridized carbons (Fsp3) is 0.818. The SMILES string of the molecule is CC(C)Cn1ncnc1CNC1CC(O)C1. The molecule has 0 unspecified atom stereocenters. The molecule has 2 rings (SSSR count). The van der Waals surface area contributed by atoms with Gasteiger partial charge in [0.2, 0.25) is 0 Å². The van der Waals surface area contributed by atoms with Gasteiger partial charge < -0.3 is 10.4 Å². The third kappa shape index (κ3) is 2.80. The summed E-state index contributed by atoms with van der Waals surface area (Å²) in [5, 5.41) is 16.8. The second kappa shape index (κ2) is 4.93. The molecular formula is C11H20N4O. The highest BCUT2D eigenvalue weighted by atomic mass is 16.3. The van der Waals surface area contributed by atoms with Crippen molar-refractivity contribution in [1.29, 1.82) is 0 Å². The summed E-state index contributed by atoms with van der Waals surface area (Å²) < 4.78 is 1.95. The zero-order valence-electron chi connectivity index (χ0n) is 9.93. The number of hydrogen-bond donors (Lipinski definition) is 2. The van der Waals surface area contributed by atoms with E-state index in [9.17, 15) is 5.11 Å². The summed E-state index contributed by atoms with van der Waals surface area (Å²) >= 11 is 0. The molecule has 0 saturated heterocycles. The predicted molar refractivity (Wildman–Crippen MR) is 60.7 cm³/mol. The second-order valence-corrected chi connectivity index (χ2v) is 4.96. The Balaban J connectivity index is 1.82. The summed E-state index contributed by atoms with van der Waals surface area (Å²) in [6.07, 6.45) is 3.22. The molecule has 16 heavy (non-hydrogen) atoms. The summed E-state index contributed by atoms with van der Waals surface area (Å²) in [7, 11) is 0. The van der Waals surface area contributed by atoms with Gasteiger partial charge in [0.1, 0.15) is 12.2 Å². The van der Waals surface area contributed by atoms with Crippen LogP contribution in [0.1, 0.15) is 32.5 Å². The van der Waals surface area contributed by atoms with Crippen LogP contribution in [0.5, 0.6) is 0 Å². The summed E-state index contributed by atoms with van der Waals surface area (Å²) in [5.41, 5.74) is 0. The largest absolute Gasteiger partial charge is 0.393 e. The van der Waals surface area contributed by atoms with E-state index in [1.54, 1.807) is 6.33 Å². The molecule has 1 fully saturated rings. The molecular weight excluding hydrogens is 204 g/mol. The van der Waals surface area contributed by atoms with E-state index in [0.717, 1.165) is 31.8 Å². The van der Waals surface area contributed by atoms with Gasteiger partial charge in [-0.2, -0.15) is 5.10 Å². The number of rotatable bonds is 5. The minimum Gasteiger partial charge on any atom is -0.393 e. The molecule has 0 aliphatic heterocycles. The van der Waals surface area contributed by atoms with Crippen molar-refractivity contribution in [1.82, 2.24) is 20.1 Å². The lowest BCUT2D eigenvalue weighted by atomic mass is 9.89. The fourth-order valence-electron chi connectivity index (χ4n) is 1.91. The molecule has 1 saturated carbocycles. The average Bonchev–Trinajstić information content (AvgIpc) is 2.57. The summed E-state index contributed by atoms with van der Waals surface area (Å²) in [4.78, 5) is 4.25. The Morgan fingerprint density at radius 2 is 2.31 bits per heavy atom. The molecule has 5 nitrogen and oxygen atoms in total. The topological polar surface area (TPSA) is 63.0 Å². The maximum Gasteiger partial charge on any atom is 0.140 e. The van der Waals surface area contributed by atoms with Gasteiger partial charge in [-0.3, -0.25) is 0 Å². The Labute approximate surface area is 95.9 Å². The van der Waals surface area contributed by atoms with Crippen LogP contribution < -0.4 is 5.32 Å². The zero-order valence-corrected chi connectivity index (χ0v) is 9.93. The maximum atomic E-state index is 9.18. The van der Waals surface area contributed by atoms with E-state index in [1.807, 2.05) is 4.68 Å². The van der Waals surface area contributed by atoms with Crippen LogP contribution in [0.2, 0.25) is 0 Å². The van der Waals surface area contributed by atoms with Gasteiger partial charge in [0.25, 0.3) is 0 Å². The number of nitrogens with one attached hydrogen (secondary N) is 1. The van der Waals surface area contributed by atoms with E-state index in [4.69, 9.17) is 0 Å². The molecule has 5 heteroatoms. The number of nitrogens with zero attached hydrogens (tertiary/aromatic N) is 3. The van der Waals surface area contributed by atoms with E-state index in [2.05, 4.69) is 29.2 Å². The number of aromatic nitrogens is 3. The molecule has 2 N–H and O–H groups in total. The van der Waals surface area contributed by atoms with E-state index >= 15 is 0 Å². The molecule has 1 aliphatic rings. The highest BCUT2D eigenvalue weighted by Gasteiger charge is 2.26. The van der Waals surface area contributed by atoms with Crippen molar-refractivity contribution in [2.24, 2.45) is 5.92 Å². The molecule has 1 heterocycles. The summed E-state index contributed by atoms with van der Waals surface area (Å²) in [6.45, 7) is 5.98. The van der Waals surface area contributed by atoms with E-state index in [1.165, 1.54) is 0 Å². The highest BCUT2D eigenvalue weighted by molar-refractivity contribution is 4.89. The Bertz CT molecular complexity index is 330. The summed E-state index contributed by atoms with van der Waals surface area (Å²) in [6, 6.07) is 0.444. The Kier molecular flexibility index (Phi) is 3.56. The lowest BCUT2D eigenvalue weighted by Crippen LogP contribution is -2.44. The summed E-state index contributed by atoms with van der Waals surface area (Å²) in [5.74, 6) is 1.56. The molecule has 0 atom stereocenters. The average molecular weight is 224 g/mol. The van der Waals surface area contributed by atoms with Crippen molar-refractivity contribution in [2.75, 3.05) is 0 Å². The first-order valence-corrected chi connectivity index (χ1v) is 5.93. The molecule has 1 aromatic heterocycles. The predicted octanol–water partition coefficient (Wildman–Crippen LogP) is 0.547. The molecule has 1 aromatic rings. The number of hydrogen-bond acceptors (Lipinski definition) is 4. The van der Waals surface area contributed by atoms with E-state index in [0.29, 0.717) is 12.0 Å². The van der Waals surface area contributed by atoms with Crippen LogP contribution in [-0.4, -0.2) is 32.0 Å². The van der Waals surface area contributed by atoms with Crippen molar-refractivity contribution in [3.63, 3.8) is 0 Å².